The third-order valence-corrected chi connectivity index (χ3v) is 4.86. The van der Waals surface area contributed by atoms with Crippen LogP contribution in [-0.4, -0.2) is 21.9 Å². The number of carbonyl (C=O) groups excluding carboxylic acids is 2. The normalized spacial score (nSPS) is 16.9. The van der Waals surface area contributed by atoms with Gasteiger partial charge >= 0.3 is 0 Å². The summed E-state index contributed by atoms with van der Waals surface area (Å²) in [5.74, 6) is -1.61. The molecule has 2 aromatic carbocycles. The smallest absolute Gasteiger partial charge is 0.228 e. The van der Waals surface area contributed by atoms with Gasteiger partial charge in [-0.2, -0.15) is 5.10 Å². The van der Waals surface area contributed by atoms with Crippen LogP contribution in [0.25, 0.3) is 23.1 Å². The summed E-state index contributed by atoms with van der Waals surface area (Å²) < 4.78 is 27.4. The molecule has 4 rings (SSSR count). The first-order chi connectivity index (χ1) is 13.5. The molecule has 1 unspecified atom stereocenters. The number of aromatic amines is 1. The van der Waals surface area contributed by atoms with Gasteiger partial charge in [-0.05, 0) is 36.3 Å². The highest BCUT2D eigenvalue weighted by molar-refractivity contribution is 6.00. The third kappa shape index (κ3) is 3.69. The number of hydrogen-bond acceptors (Lipinski definition) is 3. The molecular formula is C21H17F2N3O2. The number of benzene rings is 2. The topological polar surface area (TPSA) is 74.8 Å². The minimum atomic E-state index is -0.581. The average molecular weight is 381 g/mol. The summed E-state index contributed by atoms with van der Waals surface area (Å²) in [4.78, 5) is 23.7. The van der Waals surface area contributed by atoms with Crippen molar-refractivity contribution in [1.82, 2.24) is 10.2 Å². The Morgan fingerprint density at radius 3 is 2.68 bits per heavy atom. The van der Waals surface area contributed by atoms with E-state index in [1.54, 1.807) is 24.3 Å². The molecule has 1 atom stereocenters. The fourth-order valence-corrected chi connectivity index (χ4v) is 3.30. The molecule has 28 heavy (non-hydrogen) atoms. The first kappa shape index (κ1) is 18.0. The molecule has 1 amide bonds. The van der Waals surface area contributed by atoms with E-state index in [1.165, 1.54) is 24.3 Å². The molecular weight excluding hydrogens is 364 g/mol. The van der Waals surface area contributed by atoms with Gasteiger partial charge in [-0.25, -0.2) is 8.78 Å². The molecule has 5 nitrogen and oxygen atoms in total. The number of nitrogens with zero attached hydrogens (tertiary/aromatic N) is 1. The maximum atomic E-state index is 14.4. The lowest BCUT2D eigenvalue weighted by Crippen LogP contribution is -2.21. The van der Waals surface area contributed by atoms with Crippen molar-refractivity contribution in [3.8, 4) is 0 Å². The monoisotopic (exact) mass is 381 g/mol. The number of amides is 1. The van der Waals surface area contributed by atoms with E-state index in [9.17, 15) is 18.4 Å². The maximum absolute atomic E-state index is 14.4. The molecule has 1 fully saturated rings. The summed E-state index contributed by atoms with van der Waals surface area (Å²) in [5.41, 5.74) is 1.89. The molecule has 0 saturated heterocycles. The van der Waals surface area contributed by atoms with Crippen LogP contribution in [0.4, 0.5) is 14.5 Å². The van der Waals surface area contributed by atoms with Crippen molar-refractivity contribution in [2.75, 3.05) is 5.32 Å². The van der Waals surface area contributed by atoms with E-state index >= 15 is 0 Å². The van der Waals surface area contributed by atoms with Gasteiger partial charge in [-0.1, -0.05) is 18.2 Å². The fourth-order valence-electron chi connectivity index (χ4n) is 3.30. The molecule has 142 valence electrons. The van der Waals surface area contributed by atoms with Gasteiger partial charge in [0.15, 0.2) is 0 Å². The van der Waals surface area contributed by atoms with Gasteiger partial charge in [0.05, 0.1) is 16.9 Å². The molecule has 0 spiro atoms. The number of nitrogens with one attached hydrogen (secondary N) is 2. The number of ketones is 1. The van der Waals surface area contributed by atoms with Crippen LogP contribution in [0.15, 0.2) is 36.4 Å². The molecule has 0 radical (unpaired) electrons. The number of fused-ring (bicyclic) bond motifs is 1. The number of carbonyl (C=O) groups is 2. The average Bonchev–Trinajstić information content (AvgIpc) is 3.28. The number of aromatic nitrogens is 2. The Kier molecular flexibility index (Phi) is 4.73. The highest BCUT2D eigenvalue weighted by atomic mass is 19.1. The van der Waals surface area contributed by atoms with Gasteiger partial charge < -0.3 is 5.32 Å². The zero-order chi connectivity index (χ0) is 19.7. The quantitative estimate of drug-likeness (QED) is 0.707. The lowest BCUT2D eigenvalue weighted by atomic mass is 10.1. The molecule has 1 saturated carbocycles. The van der Waals surface area contributed by atoms with Gasteiger partial charge in [0.1, 0.15) is 17.4 Å². The van der Waals surface area contributed by atoms with Crippen molar-refractivity contribution in [3.63, 3.8) is 0 Å². The van der Waals surface area contributed by atoms with Crippen molar-refractivity contribution >= 4 is 40.4 Å². The number of Topliss-reactive ketones (excluding diaryl/α,β-unsaturated/α-hetero) is 1. The maximum Gasteiger partial charge on any atom is 0.228 e. The second-order valence-corrected chi connectivity index (χ2v) is 6.84. The molecule has 1 aliphatic carbocycles. The van der Waals surface area contributed by atoms with E-state index in [2.05, 4.69) is 15.5 Å². The Bertz CT molecular complexity index is 1090. The molecule has 2 N–H and O–H groups in total. The van der Waals surface area contributed by atoms with Gasteiger partial charge in [0.2, 0.25) is 5.91 Å². The van der Waals surface area contributed by atoms with Crippen molar-refractivity contribution in [1.29, 1.82) is 0 Å². The summed E-state index contributed by atoms with van der Waals surface area (Å²) in [7, 11) is 0. The van der Waals surface area contributed by atoms with Crippen molar-refractivity contribution < 1.29 is 18.4 Å². The summed E-state index contributed by atoms with van der Waals surface area (Å²) in [6.07, 6.45) is 4.57. The Labute approximate surface area is 159 Å². The fraction of sp³-hybridized carbons (Fsp3) is 0.190. The third-order valence-electron chi connectivity index (χ3n) is 4.86. The van der Waals surface area contributed by atoms with Crippen LogP contribution in [0.1, 0.15) is 30.5 Å². The van der Waals surface area contributed by atoms with E-state index in [-0.39, 0.29) is 29.6 Å². The largest absolute Gasteiger partial charge is 0.323 e. The predicted molar refractivity (Wildman–Crippen MR) is 102 cm³/mol. The minimum absolute atomic E-state index is 0.0506. The summed E-state index contributed by atoms with van der Waals surface area (Å²) in [6, 6.07) is 8.78. The number of hydrogen-bond donors (Lipinski definition) is 2. The van der Waals surface area contributed by atoms with Gasteiger partial charge in [0, 0.05) is 30.2 Å². The number of anilines is 1. The molecule has 1 aromatic heterocycles. The van der Waals surface area contributed by atoms with Gasteiger partial charge in [-0.15, -0.1) is 0 Å². The van der Waals surface area contributed by atoms with Crippen LogP contribution in [-0.2, 0) is 9.59 Å². The predicted octanol–water partition coefficient (Wildman–Crippen LogP) is 4.32. The molecule has 1 heterocycles. The number of H-pyrrole nitrogens is 1. The van der Waals surface area contributed by atoms with E-state index in [0.29, 0.717) is 29.4 Å². The molecule has 0 bridgehead atoms. The highest BCUT2D eigenvalue weighted by Gasteiger charge is 2.28. The first-order valence-corrected chi connectivity index (χ1v) is 8.93. The number of halogens is 2. The summed E-state index contributed by atoms with van der Waals surface area (Å²) in [5, 5.41) is 10.1. The zero-order valence-electron chi connectivity index (χ0n) is 14.8. The van der Waals surface area contributed by atoms with Crippen LogP contribution >= 0.6 is 0 Å². The highest BCUT2D eigenvalue weighted by Crippen LogP contribution is 2.28. The molecule has 1 aliphatic rings. The number of rotatable bonds is 4. The molecule has 0 aliphatic heterocycles. The molecule has 3 aromatic rings. The van der Waals surface area contributed by atoms with E-state index < -0.39 is 11.7 Å². The Morgan fingerprint density at radius 2 is 1.96 bits per heavy atom. The van der Waals surface area contributed by atoms with Crippen LogP contribution in [0.2, 0.25) is 0 Å². The lowest BCUT2D eigenvalue weighted by Gasteiger charge is -2.10. The second-order valence-electron chi connectivity index (χ2n) is 6.84. The second kappa shape index (κ2) is 7.34. The Morgan fingerprint density at radius 1 is 1.18 bits per heavy atom. The SMILES string of the molecule is O=C1CCC(C(=O)Nc2cc3c(C=Cc4ccc(F)cc4)n[nH]c3cc2F)C1. The van der Waals surface area contributed by atoms with Crippen molar-refractivity contribution in [3.05, 3.63) is 59.3 Å². The summed E-state index contributed by atoms with van der Waals surface area (Å²) >= 11 is 0. The van der Waals surface area contributed by atoms with Gasteiger partial charge in [-0.3, -0.25) is 14.7 Å². The lowest BCUT2D eigenvalue weighted by molar-refractivity contribution is -0.122. The van der Waals surface area contributed by atoms with Crippen molar-refractivity contribution in [2.24, 2.45) is 5.92 Å². The standard InChI is InChI=1S/C21H17F2N3O2/c22-14-5-1-12(2-6-14)3-8-18-16-10-20(17(23)11-19(16)26-25-18)24-21(28)13-4-7-15(27)9-13/h1-3,5-6,8,10-11,13H,4,7,9H2,(H,24,28)(H,25,26). The van der Waals surface area contributed by atoms with Crippen LogP contribution in [0, 0.1) is 17.6 Å². The Balaban J connectivity index is 1.59. The van der Waals surface area contributed by atoms with E-state index in [1.807, 2.05) is 0 Å². The molecule has 7 heteroatoms. The van der Waals surface area contributed by atoms with Crippen molar-refractivity contribution in [2.45, 2.75) is 19.3 Å². The van der Waals surface area contributed by atoms with E-state index in [0.717, 1.165) is 5.56 Å². The zero-order valence-corrected chi connectivity index (χ0v) is 14.8. The van der Waals surface area contributed by atoms with E-state index in [4.69, 9.17) is 0 Å². The van der Waals surface area contributed by atoms with Crippen LogP contribution in [0.5, 0.6) is 0 Å². The Hall–Kier alpha value is -3.35. The minimum Gasteiger partial charge on any atom is -0.323 e. The van der Waals surface area contributed by atoms with Crippen LogP contribution < -0.4 is 5.32 Å². The van der Waals surface area contributed by atoms with Crippen LogP contribution in [0.3, 0.4) is 0 Å². The van der Waals surface area contributed by atoms with Gasteiger partial charge in [0.25, 0.3) is 0 Å². The summed E-state index contributed by atoms with van der Waals surface area (Å²) in [6.45, 7) is 0. The first-order valence-electron chi connectivity index (χ1n) is 8.93.